The molecule has 6 nitrogen and oxygen atoms in total. The summed E-state index contributed by atoms with van der Waals surface area (Å²) in [4.78, 5) is 14.6. The van der Waals surface area contributed by atoms with E-state index >= 15 is 0 Å². The van der Waals surface area contributed by atoms with Gasteiger partial charge in [-0.3, -0.25) is 9.48 Å². The van der Waals surface area contributed by atoms with Gasteiger partial charge in [-0.25, -0.2) is 4.52 Å². The number of nitrogens with zero attached hydrogens (tertiary/aromatic N) is 4. The molecule has 1 N–H and O–H groups in total. The lowest BCUT2D eigenvalue weighted by molar-refractivity contribution is 0.563. The van der Waals surface area contributed by atoms with E-state index in [-0.39, 0.29) is 11.0 Å². The quantitative estimate of drug-likeness (QED) is 0.732. The van der Waals surface area contributed by atoms with Gasteiger partial charge >= 0.3 is 0 Å². The minimum atomic E-state index is -0.142. The molecule has 20 heavy (non-hydrogen) atoms. The fourth-order valence-corrected chi connectivity index (χ4v) is 2.13. The Hall–Kier alpha value is -2.37. The monoisotopic (exact) mass is 271 g/mol. The lowest BCUT2D eigenvalue weighted by atomic mass is 9.93. The highest BCUT2D eigenvalue weighted by atomic mass is 16.1. The van der Waals surface area contributed by atoms with Gasteiger partial charge in [-0.05, 0) is 0 Å². The van der Waals surface area contributed by atoms with E-state index in [0.717, 1.165) is 17.0 Å². The standard InChI is InChI=1S/C14H17N5O/c1-14(2,3)11-6-12-16-13(20)5-10(19(12)17-11)9-7-15-18(4)8-9/h5-8H,1-4H3,(H,16,20). The average Bonchev–Trinajstić information content (AvgIpc) is 2.93. The highest BCUT2D eigenvalue weighted by molar-refractivity contribution is 5.61. The van der Waals surface area contributed by atoms with E-state index in [4.69, 9.17) is 0 Å². The zero-order chi connectivity index (χ0) is 14.5. The van der Waals surface area contributed by atoms with Crippen molar-refractivity contribution in [3.63, 3.8) is 0 Å². The number of aromatic nitrogens is 5. The summed E-state index contributed by atoms with van der Waals surface area (Å²) in [6.07, 6.45) is 3.60. The SMILES string of the molecule is Cn1cc(-c2cc(=O)[nH]c3cc(C(C)(C)C)nn23)cn1. The molecule has 0 aliphatic rings. The molecule has 0 saturated heterocycles. The molecule has 3 rings (SSSR count). The van der Waals surface area contributed by atoms with Gasteiger partial charge in [0.1, 0.15) is 5.65 Å². The van der Waals surface area contributed by atoms with E-state index in [1.54, 1.807) is 21.5 Å². The summed E-state index contributed by atoms with van der Waals surface area (Å²) >= 11 is 0. The van der Waals surface area contributed by atoms with E-state index in [0.29, 0.717) is 5.65 Å². The molecular formula is C14H17N5O. The van der Waals surface area contributed by atoms with Crippen LogP contribution in [0.25, 0.3) is 16.9 Å². The molecule has 3 heterocycles. The number of aromatic amines is 1. The Bertz CT molecular complexity index is 831. The van der Waals surface area contributed by atoms with Crippen LogP contribution in [0.4, 0.5) is 0 Å². The number of fused-ring (bicyclic) bond motifs is 1. The van der Waals surface area contributed by atoms with E-state index in [9.17, 15) is 4.79 Å². The van der Waals surface area contributed by atoms with Gasteiger partial charge in [0.05, 0.1) is 17.6 Å². The van der Waals surface area contributed by atoms with Gasteiger partial charge in [-0.15, -0.1) is 0 Å². The summed E-state index contributed by atoms with van der Waals surface area (Å²) in [5, 5.41) is 8.77. The van der Waals surface area contributed by atoms with Crippen molar-refractivity contribution in [2.75, 3.05) is 0 Å². The van der Waals surface area contributed by atoms with Crippen LogP contribution in [0.5, 0.6) is 0 Å². The summed E-state index contributed by atoms with van der Waals surface area (Å²) in [7, 11) is 1.84. The van der Waals surface area contributed by atoms with Crippen molar-refractivity contribution in [2.45, 2.75) is 26.2 Å². The average molecular weight is 271 g/mol. The molecule has 0 aliphatic carbocycles. The van der Waals surface area contributed by atoms with Crippen molar-refractivity contribution < 1.29 is 0 Å². The Morgan fingerprint density at radius 1 is 1.25 bits per heavy atom. The van der Waals surface area contributed by atoms with E-state index < -0.39 is 0 Å². The fourth-order valence-electron chi connectivity index (χ4n) is 2.13. The van der Waals surface area contributed by atoms with E-state index in [1.165, 1.54) is 0 Å². The second kappa shape index (κ2) is 4.06. The smallest absolute Gasteiger partial charge is 0.251 e. The zero-order valence-electron chi connectivity index (χ0n) is 12.0. The highest BCUT2D eigenvalue weighted by Crippen LogP contribution is 2.24. The van der Waals surface area contributed by atoms with Gasteiger partial charge in [0.25, 0.3) is 5.56 Å². The molecule has 0 spiro atoms. The first kappa shape index (κ1) is 12.7. The molecule has 0 saturated carbocycles. The topological polar surface area (TPSA) is 68.0 Å². The summed E-state index contributed by atoms with van der Waals surface area (Å²) in [5.74, 6) is 0. The number of H-pyrrole nitrogens is 1. The summed E-state index contributed by atoms with van der Waals surface area (Å²) in [6.45, 7) is 6.28. The first-order valence-electron chi connectivity index (χ1n) is 6.47. The maximum absolute atomic E-state index is 11.8. The second-order valence-corrected chi connectivity index (χ2v) is 6.00. The number of rotatable bonds is 1. The lowest BCUT2D eigenvalue weighted by Gasteiger charge is -2.13. The normalized spacial score (nSPS) is 12.2. The van der Waals surface area contributed by atoms with Crippen LogP contribution in [0.15, 0.2) is 29.3 Å². The molecular weight excluding hydrogens is 254 g/mol. The first-order chi connectivity index (χ1) is 9.34. The summed E-state index contributed by atoms with van der Waals surface area (Å²) < 4.78 is 3.47. The highest BCUT2D eigenvalue weighted by Gasteiger charge is 2.19. The number of hydrogen-bond acceptors (Lipinski definition) is 3. The Morgan fingerprint density at radius 2 is 2.00 bits per heavy atom. The fraction of sp³-hybridized carbons (Fsp3) is 0.357. The summed E-state index contributed by atoms with van der Waals surface area (Å²) in [6, 6.07) is 3.46. The van der Waals surface area contributed by atoms with E-state index in [1.807, 2.05) is 19.3 Å². The van der Waals surface area contributed by atoms with Crippen molar-refractivity contribution in [1.29, 1.82) is 0 Å². The molecule has 0 aromatic carbocycles. The van der Waals surface area contributed by atoms with Crippen LogP contribution in [0.1, 0.15) is 26.5 Å². The van der Waals surface area contributed by atoms with E-state index in [2.05, 4.69) is 36.0 Å². The van der Waals surface area contributed by atoms with Crippen molar-refractivity contribution in [3.8, 4) is 11.3 Å². The number of aryl methyl sites for hydroxylation is 1. The molecule has 0 amide bonds. The Labute approximate surface area is 116 Å². The molecule has 0 bridgehead atoms. The van der Waals surface area contributed by atoms with Gasteiger partial charge in [0.2, 0.25) is 0 Å². The third-order valence-electron chi connectivity index (χ3n) is 3.23. The van der Waals surface area contributed by atoms with Crippen molar-refractivity contribution >= 4 is 5.65 Å². The molecule has 0 fully saturated rings. The van der Waals surface area contributed by atoms with Gasteiger partial charge in [-0.1, -0.05) is 20.8 Å². The van der Waals surface area contributed by atoms with Crippen LogP contribution in [0.3, 0.4) is 0 Å². The molecule has 0 unspecified atom stereocenters. The Morgan fingerprint density at radius 3 is 2.60 bits per heavy atom. The Kier molecular flexibility index (Phi) is 2.57. The van der Waals surface area contributed by atoms with Gasteiger partial charge in [-0.2, -0.15) is 10.2 Å². The number of hydrogen-bond donors (Lipinski definition) is 1. The van der Waals surface area contributed by atoms with Crippen molar-refractivity contribution in [3.05, 3.63) is 40.6 Å². The van der Waals surface area contributed by atoms with Crippen LogP contribution in [-0.4, -0.2) is 24.4 Å². The molecule has 0 aliphatic heterocycles. The lowest BCUT2D eigenvalue weighted by Crippen LogP contribution is -2.12. The second-order valence-electron chi connectivity index (χ2n) is 6.00. The Balaban J connectivity index is 2.31. The maximum atomic E-state index is 11.8. The minimum absolute atomic E-state index is 0.0743. The van der Waals surface area contributed by atoms with Crippen LogP contribution in [-0.2, 0) is 12.5 Å². The van der Waals surface area contributed by atoms with Crippen molar-refractivity contribution in [2.24, 2.45) is 7.05 Å². The molecule has 0 atom stereocenters. The largest absolute Gasteiger partial charge is 0.307 e. The van der Waals surface area contributed by atoms with Gasteiger partial charge in [0, 0.05) is 36.4 Å². The molecule has 104 valence electrons. The van der Waals surface area contributed by atoms with Crippen LogP contribution in [0.2, 0.25) is 0 Å². The predicted octanol–water partition coefficient (Wildman–Crippen LogP) is 1.72. The van der Waals surface area contributed by atoms with Gasteiger partial charge in [0.15, 0.2) is 0 Å². The maximum Gasteiger partial charge on any atom is 0.251 e. The van der Waals surface area contributed by atoms with Crippen LogP contribution >= 0.6 is 0 Å². The minimum Gasteiger partial charge on any atom is -0.307 e. The molecule has 3 aromatic heterocycles. The first-order valence-corrected chi connectivity index (χ1v) is 6.47. The predicted molar refractivity (Wildman–Crippen MR) is 76.7 cm³/mol. The number of nitrogens with one attached hydrogen (secondary N) is 1. The summed E-state index contributed by atoms with van der Waals surface area (Å²) in [5.41, 5.74) is 3.02. The molecule has 6 heteroatoms. The molecule has 0 radical (unpaired) electrons. The third-order valence-corrected chi connectivity index (χ3v) is 3.23. The van der Waals surface area contributed by atoms with Crippen molar-refractivity contribution in [1.82, 2.24) is 24.4 Å². The molecule has 3 aromatic rings. The third kappa shape index (κ3) is 2.03. The zero-order valence-corrected chi connectivity index (χ0v) is 12.0. The van der Waals surface area contributed by atoms with Crippen LogP contribution in [0, 0.1) is 0 Å². The van der Waals surface area contributed by atoms with Gasteiger partial charge < -0.3 is 4.98 Å². The van der Waals surface area contributed by atoms with Crippen LogP contribution < -0.4 is 5.56 Å².